The fourth-order valence-electron chi connectivity index (χ4n) is 3.06. The van der Waals surface area contributed by atoms with Gasteiger partial charge in [0.25, 0.3) is 0 Å². The first-order valence-corrected chi connectivity index (χ1v) is 9.63. The summed E-state index contributed by atoms with van der Waals surface area (Å²) in [6.45, 7) is 3.21. The normalized spacial score (nSPS) is 10.8. The fraction of sp³-hybridized carbons (Fsp3) is 0.160. The molecule has 0 atom stereocenters. The molecule has 0 fully saturated rings. The highest BCUT2D eigenvalue weighted by Gasteiger charge is 2.14. The van der Waals surface area contributed by atoms with Gasteiger partial charge in [0.1, 0.15) is 5.82 Å². The minimum atomic E-state index is -0.413. The SMILES string of the molecule is CCOC(=O)/C=C/c1ccc(F)c(N(Cc2ccccc2)Cc2ccccc2)c1. The Morgan fingerprint density at radius 3 is 2.07 bits per heavy atom. The van der Waals surface area contributed by atoms with Crippen LogP contribution in [-0.4, -0.2) is 12.6 Å². The molecule has 3 nitrogen and oxygen atoms in total. The topological polar surface area (TPSA) is 29.5 Å². The average molecular weight is 389 g/mol. The fourth-order valence-corrected chi connectivity index (χ4v) is 3.06. The van der Waals surface area contributed by atoms with E-state index in [9.17, 15) is 9.18 Å². The molecule has 4 heteroatoms. The molecule has 3 aromatic carbocycles. The van der Waals surface area contributed by atoms with Crippen LogP contribution < -0.4 is 4.90 Å². The molecule has 0 saturated carbocycles. The number of carbonyl (C=O) groups is 1. The van der Waals surface area contributed by atoms with E-state index in [-0.39, 0.29) is 5.82 Å². The maximum absolute atomic E-state index is 14.8. The lowest BCUT2D eigenvalue weighted by Crippen LogP contribution is -2.23. The molecule has 0 aliphatic rings. The van der Waals surface area contributed by atoms with Crippen molar-refractivity contribution in [2.75, 3.05) is 11.5 Å². The molecule has 3 aromatic rings. The van der Waals surface area contributed by atoms with Crippen molar-refractivity contribution in [1.29, 1.82) is 0 Å². The summed E-state index contributed by atoms with van der Waals surface area (Å²) in [5, 5.41) is 0. The molecule has 0 aliphatic carbocycles. The third-order valence-electron chi connectivity index (χ3n) is 4.44. The van der Waals surface area contributed by atoms with E-state index in [1.54, 1.807) is 25.1 Å². The minimum Gasteiger partial charge on any atom is -0.463 e. The molecule has 0 unspecified atom stereocenters. The van der Waals surface area contributed by atoms with Gasteiger partial charge >= 0.3 is 5.97 Å². The maximum atomic E-state index is 14.8. The van der Waals surface area contributed by atoms with E-state index >= 15 is 0 Å². The Balaban J connectivity index is 1.91. The molecule has 0 N–H and O–H groups in total. The van der Waals surface area contributed by atoms with Gasteiger partial charge in [0, 0.05) is 19.2 Å². The largest absolute Gasteiger partial charge is 0.463 e. The second-order valence-corrected chi connectivity index (χ2v) is 6.62. The second kappa shape index (κ2) is 10.2. The summed E-state index contributed by atoms with van der Waals surface area (Å²) in [5.41, 5.74) is 3.41. The number of hydrogen-bond donors (Lipinski definition) is 0. The van der Waals surface area contributed by atoms with Crippen molar-refractivity contribution in [2.45, 2.75) is 20.0 Å². The van der Waals surface area contributed by atoms with Crippen LogP contribution in [0.3, 0.4) is 0 Å². The Morgan fingerprint density at radius 1 is 0.931 bits per heavy atom. The molecule has 0 bridgehead atoms. The van der Waals surface area contributed by atoms with E-state index in [1.165, 1.54) is 12.1 Å². The lowest BCUT2D eigenvalue weighted by atomic mass is 10.1. The Morgan fingerprint density at radius 2 is 1.52 bits per heavy atom. The number of hydrogen-bond acceptors (Lipinski definition) is 3. The highest BCUT2D eigenvalue weighted by molar-refractivity contribution is 5.87. The third-order valence-corrected chi connectivity index (χ3v) is 4.44. The van der Waals surface area contributed by atoms with Gasteiger partial charge in [-0.1, -0.05) is 66.7 Å². The molecule has 0 radical (unpaired) electrons. The molecule has 0 saturated heterocycles. The highest BCUT2D eigenvalue weighted by atomic mass is 19.1. The van der Waals surface area contributed by atoms with Gasteiger partial charge in [-0.3, -0.25) is 0 Å². The van der Waals surface area contributed by atoms with E-state index in [0.717, 1.165) is 16.7 Å². The van der Waals surface area contributed by atoms with E-state index in [4.69, 9.17) is 4.74 Å². The number of ether oxygens (including phenoxy) is 1. The first-order valence-electron chi connectivity index (χ1n) is 9.63. The molecule has 148 valence electrons. The number of anilines is 1. The maximum Gasteiger partial charge on any atom is 0.330 e. The monoisotopic (exact) mass is 389 g/mol. The summed E-state index contributed by atoms with van der Waals surface area (Å²) < 4.78 is 19.7. The minimum absolute atomic E-state index is 0.301. The van der Waals surface area contributed by atoms with Crippen LogP contribution in [0.4, 0.5) is 10.1 Å². The predicted molar refractivity (Wildman–Crippen MR) is 115 cm³/mol. The van der Waals surface area contributed by atoms with Crippen molar-refractivity contribution in [3.05, 3.63) is 107 Å². The molecular weight excluding hydrogens is 365 g/mol. The Kier molecular flexibility index (Phi) is 7.17. The molecule has 0 aromatic heterocycles. The van der Waals surface area contributed by atoms with Gasteiger partial charge in [-0.25, -0.2) is 9.18 Å². The number of halogens is 1. The lowest BCUT2D eigenvalue weighted by Gasteiger charge is -2.26. The zero-order valence-electron chi connectivity index (χ0n) is 16.4. The van der Waals surface area contributed by atoms with E-state index < -0.39 is 5.97 Å². The smallest absolute Gasteiger partial charge is 0.330 e. The van der Waals surface area contributed by atoms with Crippen LogP contribution in [0.5, 0.6) is 0 Å². The number of rotatable bonds is 8. The molecule has 0 amide bonds. The van der Waals surface area contributed by atoms with Crippen molar-refractivity contribution in [3.63, 3.8) is 0 Å². The van der Waals surface area contributed by atoms with Crippen LogP contribution in [0.25, 0.3) is 6.08 Å². The van der Waals surface area contributed by atoms with Crippen molar-refractivity contribution in [1.82, 2.24) is 0 Å². The molecule has 0 heterocycles. The predicted octanol–water partition coefficient (Wildman–Crippen LogP) is 5.61. The van der Waals surface area contributed by atoms with Gasteiger partial charge in [-0.2, -0.15) is 0 Å². The summed E-state index contributed by atoms with van der Waals surface area (Å²) in [5.74, 6) is -0.714. The van der Waals surface area contributed by atoms with Crippen molar-refractivity contribution in [2.24, 2.45) is 0 Å². The summed E-state index contributed by atoms with van der Waals surface area (Å²) in [6, 6.07) is 24.8. The van der Waals surface area contributed by atoms with Crippen LogP contribution in [0.15, 0.2) is 84.9 Å². The van der Waals surface area contributed by atoms with E-state index in [2.05, 4.69) is 0 Å². The number of esters is 1. The lowest BCUT2D eigenvalue weighted by molar-refractivity contribution is -0.137. The van der Waals surface area contributed by atoms with Gasteiger partial charge in [0.05, 0.1) is 12.3 Å². The van der Waals surface area contributed by atoms with Gasteiger partial charge in [-0.15, -0.1) is 0 Å². The number of benzene rings is 3. The second-order valence-electron chi connectivity index (χ2n) is 6.62. The molecular formula is C25H24FNO2. The Labute approximate surface area is 171 Å². The average Bonchev–Trinajstić information content (AvgIpc) is 2.74. The Bertz CT molecular complexity index is 914. The molecule has 0 aliphatic heterocycles. The third kappa shape index (κ3) is 6.04. The number of carbonyl (C=O) groups excluding carboxylic acids is 1. The molecule has 29 heavy (non-hydrogen) atoms. The van der Waals surface area contributed by atoms with Crippen LogP contribution in [-0.2, 0) is 22.6 Å². The van der Waals surface area contributed by atoms with E-state index in [0.29, 0.717) is 25.4 Å². The quantitative estimate of drug-likeness (QED) is 0.370. The van der Waals surface area contributed by atoms with Crippen molar-refractivity contribution < 1.29 is 13.9 Å². The summed E-state index contributed by atoms with van der Waals surface area (Å²) in [4.78, 5) is 13.6. The zero-order valence-corrected chi connectivity index (χ0v) is 16.4. The zero-order chi connectivity index (χ0) is 20.5. The number of nitrogens with zero attached hydrogens (tertiary/aromatic N) is 1. The highest BCUT2D eigenvalue weighted by Crippen LogP contribution is 2.25. The first kappa shape index (κ1) is 20.3. The summed E-state index contributed by atoms with van der Waals surface area (Å²) in [6.07, 6.45) is 3.00. The van der Waals surface area contributed by atoms with E-state index in [1.807, 2.05) is 65.6 Å². The standard InChI is InChI=1S/C25H24FNO2/c1-2-29-25(28)16-14-20-13-15-23(26)24(17-20)27(18-21-9-5-3-6-10-21)19-22-11-7-4-8-12-22/h3-17H,2,18-19H2,1H3/b16-14+. The van der Waals surface area contributed by atoms with Gasteiger partial charge in [0.2, 0.25) is 0 Å². The molecule has 0 spiro atoms. The van der Waals surface area contributed by atoms with Gasteiger partial charge in [-0.05, 0) is 41.8 Å². The summed E-state index contributed by atoms with van der Waals surface area (Å²) >= 11 is 0. The summed E-state index contributed by atoms with van der Waals surface area (Å²) in [7, 11) is 0. The van der Waals surface area contributed by atoms with Gasteiger partial charge in [0.15, 0.2) is 0 Å². The van der Waals surface area contributed by atoms with Crippen LogP contribution in [0, 0.1) is 5.82 Å². The Hall–Kier alpha value is -3.40. The van der Waals surface area contributed by atoms with Crippen molar-refractivity contribution >= 4 is 17.7 Å². The molecule has 3 rings (SSSR count). The van der Waals surface area contributed by atoms with Crippen LogP contribution in [0.2, 0.25) is 0 Å². The van der Waals surface area contributed by atoms with Crippen LogP contribution in [0.1, 0.15) is 23.6 Å². The van der Waals surface area contributed by atoms with Gasteiger partial charge < -0.3 is 9.64 Å². The first-order chi connectivity index (χ1) is 14.2. The van der Waals surface area contributed by atoms with Crippen molar-refractivity contribution in [3.8, 4) is 0 Å². The van der Waals surface area contributed by atoms with Crippen LogP contribution >= 0.6 is 0 Å².